The van der Waals surface area contributed by atoms with Gasteiger partial charge in [0.2, 0.25) is 0 Å². The molecule has 1 aromatic carbocycles. The molecule has 142 valence electrons. The summed E-state index contributed by atoms with van der Waals surface area (Å²) in [7, 11) is 6.03. The van der Waals surface area contributed by atoms with Crippen molar-refractivity contribution in [2.45, 2.75) is 46.4 Å². The van der Waals surface area contributed by atoms with Gasteiger partial charge in [0.1, 0.15) is 0 Å². The number of nitrogens with one attached hydrogen (secondary N) is 1. The van der Waals surface area contributed by atoms with Crippen molar-refractivity contribution in [1.29, 1.82) is 0 Å². The molecule has 1 N–H and O–H groups in total. The number of aliphatic imine (C=N–C) groups is 1. The van der Waals surface area contributed by atoms with Gasteiger partial charge in [-0.15, -0.1) is 11.3 Å². The van der Waals surface area contributed by atoms with Crippen molar-refractivity contribution in [1.82, 2.24) is 20.1 Å². The lowest BCUT2D eigenvalue weighted by Crippen LogP contribution is -2.38. The van der Waals surface area contributed by atoms with Crippen LogP contribution in [0.5, 0.6) is 0 Å². The molecule has 0 atom stereocenters. The van der Waals surface area contributed by atoms with Crippen LogP contribution >= 0.6 is 11.3 Å². The van der Waals surface area contributed by atoms with Crippen LogP contribution < -0.4 is 5.32 Å². The second-order valence-electron chi connectivity index (χ2n) is 6.89. The molecule has 5 nitrogen and oxygen atoms in total. The molecule has 0 aliphatic rings. The van der Waals surface area contributed by atoms with Gasteiger partial charge in [-0.2, -0.15) is 0 Å². The molecule has 2 rings (SSSR count). The highest BCUT2D eigenvalue weighted by molar-refractivity contribution is 7.09. The van der Waals surface area contributed by atoms with Crippen LogP contribution in [-0.2, 0) is 19.6 Å². The fourth-order valence-corrected chi connectivity index (χ4v) is 3.30. The molecular formula is C20H31N5S. The Hall–Kier alpha value is -1.92. The minimum absolute atomic E-state index is 0.525. The van der Waals surface area contributed by atoms with Crippen molar-refractivity contribution in [3.05, 3.63) is 51.5 Å². The van der Waals surface area contributed by atoms with E-state index in [0.717, 1.165) is 36.3 Å². The monoisotopic (exact) mass is 373 g/mol. The molecule has 0 unspecified atom stereocenters. The number of aryl methyl sites for hydroxylation is 1. The van der Waals surface area contributed by atoms with Gasteiger partial charge >= 0.3 is 0 Å². The Morgan fingerprint density at radius 1 is 1.19 bits per heavy atom. The van der Waals surface area contributed by atoms with E-state index in [0.29, 0.717) is 6.04 Å². The first kappa shape index (κ1) is 20.4. The third kappa shape index (κ3) is 5.81. The average Bonchev–Trinajstić information content (AvgIpc) is 3.01. The fourth-order valence-electron chi connectivity index (χ4n) is 2.69. The molecule has 0 bridgehead atoms. The molecule has 0 spiro atoms. The van der Waals surface area contributed by atoms with Crippen molar-refractivity contribution >= 4 is 17.3 Å². The first-order chi connectivity index (χ1) is 12.4. The zero-order valence-corrected chi connectivity index (χ0v) is 17.6. The average molecular weight is 374 g/mol. The molecule has 1 heterocycles. The Bertz CT molecular complexity index is 722. The number of aromatic nitrogens is 1. The molecule has 0 aliphatic heterocycles. The minimum Gasteiger partial charge on any atom is -0.352 e. The second-order valence-corrected chi connectivity index (χ2v) is 7.95. The lowest BCUT2D eigenvalue weighted by molar-refractivity contribution is 0.265. The Morgan fingerprint density at radius 3 is 2.46 bits per heavy atom. The van der Waals surface area contributed by atoms with Crippen molar-refractivity contribution in [2.75, 3.05) is 21.1 Å². The largest absolute Gasteiger partial charge is 0.352 e. The van der Waals surface area contributed by atoms with E-state index in [-0.39, 0.29) is 0 Å². The molecule has 1 aromatic heterocycles. The number of rotatable bonds is 7. The predicted molar refractivity (Wildman–Crippen MR) is 112 cm³/mol. The molecule has 26 heavy (non-hydrogen) atoms. The minimum atomic E-state index is 0.525. The van der Waals surface area contributed by atoms with Crippen LogP contribution in [0.15, 0.2) is 34.6 Å². The third-order valence-electron chi connectivity index (χ3n) is 4.50. The number of hydrogen-bond acceptors (Lipinski definition) is 4. The highest BCUT2D eigenvalue weighted by Gasteiger charge is 2.11. The van der Waals surface area contributed by atoms with E-state index in [4.69, 9.17) is 0 Å². The molecule has 6 heteroatoms. The van der Waals surface area contributed by atoms with Gasteiger partial charge in [-0.3, -0.25) is 9.89 Å². The third-order valence-corrected chi connectivity index (χ3v) is 5.32. The molecule has 0 fully saturated rings. The molecule has 0 saturated carbocycles. The van der Waals surface area contributed by atoms with Crippen molar-refractivity contribution in [3.8, 4) is 0 Å². The summed E-state index contributed by atoms with van der Waals surface area (Å²) in [5.41, 5.74) is 3.74. The van der Waals surface area contributed by atoms with Crippen LogP contribution in [0.3, 0.4) is 0 Å². The van der Waals surface area contributed by atoms with Crippen LogP contribution in [-0.4, -0.2) is 47.9 Å². The van der Waals surface area contributed by atoms with Crippen LogP contribution in [0.2, 0.25) is 0 Å². The van der Waals surface area contributed by atoms with E-state index in [1.807, 2.05) is 21.0 Å². The molecule has 0 aliphatic carbocycles. The van der Waals surface area contributed by atoms with Crippen molar-refractivity contribution in [3.63, 3.8) is 0 Å². The quantitative estimate of drug-likeness (QED) is 0.596. The van der Waals surface area contributed by atoms with Crippen LogP contribution in [0.25, 0.3) is 0 Å². The molecule has 0 saturated heterocycles. The molecular weight excluding hydrogens is 342 g/mol. The van der Waals surface area contributed by atoms with E-state index in [9.17, 15) is 0 Å². The Morgan fingerprint density at radius 2 is 1.88 bits per heavy atom. The number of nitrogens with zero attached hydrogens (tertiary/aromatic N) is 4. The molecule has 0 radical (unpaired) electrons. The molecule has 0 amide bonds. The summed E-state index contributed by atoms with van der Waals surface area (Å²) in [6.45, 7) is 8.93. The van der Waals surface area contributed by atoms with E-state index in [2.05, 4.69) is 75.6 Å². The predicted octanol–water partition coefficient (Wildman–Crippen LogP) is 3.50. The second kappa shape index (κ2) is 9.69. The lowest BCUT2D eigenvalue weighted by atomic mass is 10.1. The van der Waals surface area contributed by atoms with E-state index >= 15 is 0 Å². The first-order valence-corrected chi connectivity index (χ1v) is 9.88. The van der Waals surface area contributed by atoms with Crippen molar-refractivity contribution in [2.24, 2.45) is 4.99 Å². The number of thiazole rings is 1. The zero-order chi connectivity index (χ0) is 19.1. The fraction of sp³-hybridized carbons (Fsp3) is 0.500. The summed E-state index contributed by atoms with van der Waals surface area (Å²) in [6.07, 6.45) is 0. The summed E-state index contributed by atoms with van der Waals surface area (Å²) in [5, 5.41) is 6.69. The summed E-state index contributed by atoms with van der Waals surface area (Å²) in [4.78, 5) is 13.4. The molecule has 2 aromatic rings. The summed E-state index contributed by atoms with van der Waals surface area (Å²) in [6, 6.07) is 9.13. The van der Waals surface area contributed by atoms with Gasteiger partial charge < -0.3 is 10.2 Å². The summed E-state index contributed by atoms with van der Waals surface area (Å²) in [5.74, 6) is 0.877. The highest BCUT2D eigenvalue weighted by Crippen LogP contribution is 2.13. The van der Waals surface area contributed by atoms with Gasteiger partial charge in [-0.1, -0.05) is 24.3 Å². The Kier molecular flexibility index (Phi) is 7.60. The van der Waals surface area contributed by atoms with Crippen LogP contribution in [0.1, 0.15) is 35.7 Å². The lowest BCUT2D eigenvalue weighted by Gasteiger charge is -2.24. The Balaban J connectivity index is 2.00. The number of benzene rings is 1. The van der Waals surface area contributed by atoms with Gasteiger partial charge in [0, 0.05) is 38.6 Å². The zero-order valence-electron chi connectivity index (χ0n) is 16.8. The van der Waals surface area contributed by atoms with E-state index in [1.54, 1.807) is 11.3 Å². The first-order valence-electron chi connectivity index (χ1n) is 9.00. The maximum absolute atomic E-state index is 4.54. The van der Waals surface area contributed by atoms with Gasteiger partial charge in [0.25, 0.3) is 0 Å². The van der Waals surface area contributed by atoms with Gasteiger partial charge in [0.15, 0.2) is 5.96 Å². The summed E-state index contributed by atoms with van der Waals surface area (Å²) < 4.78 is 0. The van der Waals surface area contributed by atoms with Gasteiger partial charge in [0.05, 0.1) is 17.2 Å². The normalized spacial score (nSPS) is 12.1. The van der Waals surface area contributed by atoms with Crippen LogP contribution in [0, 0.1) is 6.92 Å². The maximum Gasteiger partial charge on any atom is 0.194 e. The number of hydrogen-bond donors (Lipinski definition) is 1. The van der Waals surface area contributed by atoms with Gasteiger partial charge in [-0.25, -0.2) is 4.98 Å². The SMILES string of the molecule is CN=C(NCc1ccccc1CN(C)C(C)C)N(C)Cc1csc(C)n1. The topological polar surface area (TPSA) is 43.8 Å². The standard InChI is InChI=1S/C20H31N5S/c1-15(2)24(5)12-18-10-8-7-9-17(18)11-22-20(21-4)25(6)13-19-14-26-16(3)23-19/h7-10,14-15H,11-13H2,1-6H3,(H,21,22). The van der Waals surface area contributed by atoms with Crippen LogP contribution in [0.4, 0.5) is 0 Å². The maximum atomic E-state index is 4.54. The number of guanidine groups is 1. The Labute approximate surface area is 161 Å². The smallest absolute Gasteiger partial charge is 0.194 e. The summed E-state index contributed by atoms with van der Waals surface area (Å²) >= 11 is 1.68. The van der Waals surface area contributed by atoms with E-state index in [1.165, 1.54) is 11.1 Å². The highest BCUT2D eigenvalue weighted by atomic mass is 32.1. The van der Waals surface area contributed by atoms with Gasteiger partial charge in [-0.05, 0) is 38.9 Å². The van der Waals surface area contributed by atoms with E-state index < -0.39 is 0 Å². The van der Waals surface area contributed by atoms with Crippen molar-refractivity contribution < 1.29 is 0 Å².